The third kappa shape index (κ3) is 4.52. The minimum Gasteiger partial charge on any atom is -0.494 e. The van der Waals surface area contributed by atoms with Crippen LogP contribution in [0, 0.1) is 5.92 Å². The summed E-state index contributed by atoms with van der Waals surface area (Å²) < 4.78 is 5.64. The number of hydrogen-bond donors (Lipinski definition) is 1. The zero-order valence-corrected chi connectivity index (χ0v) is 13.0. The van der Waals surface area contributed by atoms with E-state index in [9.17, 15) is 0 Å². The second-order valence-corrected chi connectivity index (χ2v) is 5.90. The van der Waals surface area contributed by atoms with Crippen LogP contribution in [0.2, 0.25) is 0 Å². The first kappa shape index (κ1) is 15.4. The van der Waals surface area contributed by atoms with Crippen molar-refractivity contribution in [3.63, 3.8) is 0 Å². The van der Waals surface area contributed by atoms with Gasteiger partial charge in [0.2, 0.25) is 0 Å². The van der Waals surface area contributed by atoms with E-state index in [-0.39, 0.29) is 0 Å². The average Bonchev–Trinajstić information content (AvgIpc) is 2.97. The first-order valence-corrected chi connectivity index (χ1v) is 8.29. The van der Waals surface area contributed by atoms with Crippen LogP contribution >= 0.6 is 0 Å². The molecule has 0 radical (unpaired) electrons. The summed E-state index contributed by atoms with van der Waals surface area (Å²) >= 11 is 0. The van der Waals surface area contributed by atoms with E-state index in [1.54, 1.807) is 0 Å². The van der Waals surface area contributed by atoms with Gasteiger partial charge in [0, 0.05) is 6.04 Å². The summed E-state index contributed by atoms with van der Waals surface area (Å²) in [6.07, 6.45) is 8.13. The van der Waals surface area contributed by atoms with Crippen LogP contribution in [-0.4, -0.2) is 13.2 Å². The molecule has 1 aliphatic rings. The zero-order valence-electron chi connectivity index (χ0n) is 13.0. The predicted molar refractivity (Wildman–Crippen MR) is 85.2 cm³/mol. The summed E-state index contributed by atoms with van der Waals surface area (Å²) in [6.45, 7) is 6.10. The van der Waals surface area contributed by atoms with Gasteiger partial charge in [0.25, 0.3) is 0 Å². The van der Waals surface area contributed by atoms with Gasteiger partial charge >= 0.3 is 0 Å². The van der Waals surface area contributed by atoms with E-state index < -0.39 is 0 Å². The molecule has 0 aromatic heterocycles. The Kier molecular flexibility index (Phi) is 6.38. The summed E-state index contributed by atoms with van der Waals surface area (Å²) in [5, 5.41) is 3.73. The molecule has 0 aliphatic heterocycles. The lowest BCUT2D eigenvalue weighted by molar-refractivity contribution is 0.338. The third-order valence-electron chi connectivity index (χ3n) is 4.26. The molecule has 0 amide bonds. The Balaban J connectivity index is 2.05. The second-order valence-electron chi connectivity index (χ2n) is 5.90. The van der Waals surface area contributed by atoms with Gasteiger partial charge in [-0.1, -0.05) is 44.7 Å². The molecule has 1 saturated carbocycles. The molecule has 0 bridgehead atoms. The Labute approximate surface area is 123 Å². The fraction of sp³-hybridized carbons (Fsp3) is 0.667. The molecule has 0 spiro atoms. The maximum atomic E-state index is 5.64. The topological polar surface area (TPSA) is 21.3 Å². The summed E-state index contributed by atoms with van der Waals surface area (Å²) in [5.74, 6) is 1.90. The van der Waals surface area contributed by atoms with Gasteiger partial charge in [0.05, 0.1) is 6.61 Å². The average molecular weight is 275 g/mol. The maximum absolute atomic E-state index is 5.64. The highest BCUT2D eigenvalue weighted by Crippen LogP contribution is 2.33. The first-order valence-electron chi connectivity index (χ1n) is 8.29. The fourth-order valence-electron chi connectivity index (χ4n) is 3.22. The quantitative estimate of drug-likeness (QED) is 0.742. The van der Waals surface area contributed by atoms with Crippen molar-refractivity contribution in [1.29, 1.82) is 0 Å². The summed E-state index contributed by atoms with van der Waals surface area (Å²) in [6, 6.07) is 9.12. The standard InChI is InChI=1S/C18H29NO/c1-3-12-19-18(13-15-8-5-6-9-15)16-10-7-11-17(14-16)20-4-2/h7,10-11,14-15,18-19H,3-6,8-9,12-13H2,1-2H3. The summed E-state index contributed by atoms with van der Waals surface area (Å²) in [4.78, 5) is 0. The van der Waals surface area contributed by atoms with E-state index in [2.05, 4.69) is 36.5 Å². The van der Waals surface area contributed by atoms with Gasteiger partial charge in [0.1, 0.15) is 5.75 Å². The Morgan fingerprint density at radius 1 is 1.25 bits per heavy atom. The Morgan fingerprint density at radius 2 is 2.05 bits per heavy atom. The lowest BCUT2D eigenvalue weighted by Gasteiger charge is -2.23. The summed E-state index contributed by atoms with van der Waals surface area (Å²) in [7, 11) is 0. The lowest BCUT2D eigenvalue weighted by atomic mass is 9.93. The maximum Gasteiger partial charge on any atom is 0.119 e. The molecule has 0 heterocycles. The molecule has 2 rings (SSSR count). The van der Waals surface area contributed by atoms with Crippen LogP contribution < -0.4 is 10.1 Å². The van der Waals surface area contributed by atoms with Crippen LogP contribution in [0.5, 0.6) is 5.75 Å². The van der Waals surface area contributed by atoms with Crippen molar-refractivity contribution in [3.05, 3.63) is 29.8 Å². The molecule has 1 aromatic carbocycles. The lowest BCUT2D eigenvalue weighted by Crippen LogP contribution is -2.24. The van der Waals surface area contributed by atoms with Crippen molar-refractivity contribution in [2.24, 2.45) is 5.92 Å². The molecule has 1 atom stereocenters. The molecule has 1 aliphatic carbocycles. The molecule has 2 heteroatoms. The Morgan fingerprint density at radius 3 is 2.75 bits per heavy atom. The fourth-order valence-corrected chi connectivity index (χ4v) is 3.22. The number of nitrogens with one attached hydrogen (secondary N) is 1. The van der Waals surface area contributed by atoms with Gasteiger partial charge in [-0.3, -0.25) is 0 Å². The van der Waals surface area contributed by atoms with Crippen molar-refractivity contribution in [1.82, 2.24) is 5.32 Å². The normalized spacial score (nSPS) is 17.3. The molecule has 112 valence electrons. The SMILES string of the molecule is CCCNC(CC1CCCC1)c1cccc(OCC)c1. The number of hydrogen-bond acceptors (Lipinski definition) is 2. The largest absolute Gasteiger partial charge is 0.494 e. The molecule has 0 saturated heterocycles. The van der Waals surface area contributed by atoms with Crippen molar-refractivity contribution < 1.29 is 4.74 Å². The number of benzene rings is 1. The monoisotopic (exact) mass is 275 g/mol. The molecule has 1 unspecified atom stereocenters. The molecule has 1 fully saturated rings. The number of rotatable bonds is 8. The van der Waals surface area contributed by atoms with Gasteiger partial charge in [0.15, 0.2) is 0 Å². The van der Waals surface area contributed by atoms with E-state index in [0.717, 1.165) is 24.8 Å². The zero-order chi connectivity index (χ0) is 14.2. The molecule has 1 aromatic rings. The molecule has 20 heavy (non-hydrogen) atoms. The summed E-state index contributed by atoms with van der Waals surface area (Å²) in [5.41, 5.74) is 1.39. The van der Waals surface area contributed by atoms with Gasteiger partial charge in [-0.15, -0.1) is 0 Å². The number of ether oxygens (including phenoxy) is 1. The first-order chi connectivity index (χ1) is 9.83. The van der Waals surface area contributed by atoms with Crippen molar-refractivity contribution in [3.8, 4) is 5.75 Å². The van der Waals surface area contributed by atoms with Gasteiger partial charge in [-0.05, 0) is 49.9 Å². The highest BCUT2D eigenvalue weighted by atomic mass is 16.5. The Hall–Kier alpha value is -1.02. The minimum atomic E-state index is 0.485. The van der Waals surface area contributed by atoms with E-state index in [1.807, 2.05) is 6.92 Å². The van der Waals surface area contributed by atoms with Crippen molar-refractivity contribution in [2.75, 3.05) is 13.2 Å². The second kappa shape index (κ2) is 8.31. The Bertz CT molecular complexity index is 385. The van der Waals surface area contributed by atoms with Crippen LogP contribution in [0.15, 0.2) is 24.3 Å². The highest BCUT2D eigenvalue weighted by molar-refractivity contribution is 5.30. The van der Waals surface area contributed by atoms with Gasteiger partial charge in [-0.25, -0.2) is 0 Å². The van der Waals surface area contributed by atoms with E-state index in [4.69, 9.17) is 4.74 Å². The third-order valence-corrected chi connectivity index (χ3v) is 4.26. The van der Waals surface area contributed by atoms with Crippen molar-refractivity contribution >= 4 is 0 Å². The molecule has 2 nitrogen and oxygen atoms in total. The van der Waals surface area contributed by atoms with Crippen LogP contribution in [0.3, 0.4) is 0 Å². The van der Waals surface area contributed by atoms with Crippen molar-refractivity contribution in [2.45, 2.75) is 58.4 Å². The van der Waals surface area contributed by atoms with E-state index >= 15 is 0 Å². The van der Waals surface area contributed by atoms with Crippen LogP contribution in [0.4, 0.5) is 0 Å². The van der Waals surface area contributed by atoms with Crippen LogP contribution in [0.1, 0.15) is 64.0 Å². The van der Waals surface area contributed by atoms with Crippen LogP contribution in [0.25, 0.3) is 0 Å². The van der Waals surface area contributed by atoms with Gasteiger partial charge < -0.3 is 10.1 Å². The van der Waals surface area contributed by atoms with E-state index in [1.165, 1.54) is 44.1 Å². The van der Waals surface area contributed by atoms with Gasteiger partial charge in [-0.2, -0.15) is 0 Å². The highest BCUT2D eigenvalue weighted by Gasteiger charge is 2.21. The smallest absolute Gasteiger partial charge is 0.119 e. The molecule has 1 N–H and O–H groups in total. The molecular formula is C18H29NO. The minimum absolute atomic E-state index is 0.485. The van der Waals surface area contributed by atoms with Crippen LogP contribution in [-0.2, 0) is 0 Å². The molecular weight excluding hydrogens is 246 g/mol. The predicted octanol–water partition coefficient (Wildman–Crippen LogP) is 4.71. The van der Waals surface area contributed by atoms with E-state index in [0.29, 0.717) is 6.04 Å².